The molecular weight excluding hydrogens is 330 g/mol. The van der Waals surface area contributed by atoms with Crippen LogP contribution in [0.15, 0.2) is 10.5 Å². The van der Waals surface area contributed by atoms with Crippen LogP contribution in [-0.4, -0.2) is 38.4 Å². The lowest BCUT2D eigenvalue weighted by molar-refractivity contribution is 0.0952. The van der Waals surface area contributed by atoms with Crippen LogP contribution in [0.25, 0.3) is 0 Å². The molecule has 2 aromatic heterocycles. The van der Waals surface area contributed by atoms with E-state index in [1.807, 2.05) is 13.8 Å². The number of hydrogen-bond donors (Lipinski definition) is 1. The fourth-order valence-electron chi connectivity index (χ4n) is 2.11. The van der Waals surface area contributed by atoms with Crippen molar-refractivity contribution in [2.45, 2.75) is 43.4 Å². The lowest BCUT2D eigenvalue weighted by atomic mass is 10.2. The summed E-state index contributed by atoms with van der Waals surface area (Å²) < 4.78 is 0.980. The van der Waals surface area contributed by atoms with E-state index in [4.69, 9.17) is 0 Å². The number of thioether (sulfide) groups is 1. The minimum atomic E-state index is -0.0957. The Bertz CT molecular complexity index is 699. The van der Waals surface area contributed by atoms with Gasteiger partial charge in [0.2, 0.25) is 0 Å². The first-order valence-corrected chi connectivity index (χ1v) is 9.48. The van der Waals surface area contributed by atoms with E-state index in [0.29, 0.717) is 18.0 Å². The van der Waals surface area contributed by atoms with E-state index in [2.05, 4.69) is 25.5 Å². The van der Waals surface area contributed by atoms with Crippen LogP contribution in [0.4, 0.5) is 0 Å². The van der Waals surface area contributed by atoms with Gasteiger partial charge in [0.15, 0.2) is 4.34 Å². The minimum absolute atomic E-state index is 0.0957. The van der Waals surface area contributed by atoms with Crippen molar-refractivity contribution in [2.75, 3.05) is 12.3 Å². The second-order valence-corrected chi connectivity index (χ2v) is 8.07. The molecule has 1 aliphatic rings. The van der Waals surface area contributed by atoms with E-state index >= 15 is 0 Å². The van der Waals surface area contributed by atoms with Crippen molar-refractivity contribution >= 4 is 29.0 Å². The van der Waals surface area contributed by atoms with Crippen LogP contribution in [0.1, 0.15) is 52.1 Å². The zero-order valence-corrected chi connectivity index (χ0v) is 14.8. The largest absolute Gasteiger partial charge is 0.352 e. The fraction of sp³-hybridized carbons (Fsp3) is 0.533. The van der Waals surface area contributed by atoms with E-state index in [1.54, 1.807) is 29.3 Å². The molecule has 1 saturated carbocycles. The summed E-state index contributed by atoms with van der Waals surface area (Å²) >= 11 is 3.27. The van der Waals surface area contributed by atoms with Crippen molar-refractivity contribution in [1.82, 2.24) is 25.5 Å². The van der Waals surface area contributed by atoms with E-state index in [1.165, 1.54) is 0 Å². The molecule has 8 heteroatoms. The van der Waals surface area contributed by atoms with Crippen molar-refractivity contribution in [3.05, 3.63) is 28.3 Å². The zero-order valence-electron chi connectivity index (χ0n) is 13.2. The molecule has 0 aromatic carbocycles. The van der Waals surface area contributed by atoms with Crippen molar-refractivity contribution in [3.8, 4) is 0 Å². The molecule has 2 heterocycles. The molecule has 0 atom stereocenters. The van der Waals surface area contributed by atoms with Gasteiger partial charge in [-0.05, 0) is 33.1 Å². The number of rotatable bonds is 7. The molecule has 1 N–H and O–H groups in total. The van der Waals surface area contributed by atoms with Crippen molar-refractivity contribution in [3.63, 3.8) is 0 Å². The Morgan fingerprint density at radius 1 is 1.39 bits per heavy atom. The summed E-state index contributed by atoms with van der Waals surface area (Å²) in [6.07, 6.45) is 4.87. The Balaban J connectivity index is 1.42. The molecule has 0 saturated heterocycles. The Hall–Kier alpha value is -1.54. The highest BCUT2D eigenvalue weighted by atomic mass is 32.2. The van der Waals surface area contributed by atoms with Gasteiger partial charge in [0.25, 0.3) is 5.91 Å². The van der Waals surface area contributed by atoms with Crippen molar-refractivity contribution < 1.29 is 4.79 Å². The molecule has 23 heavy (non-hydrogen) atoms. The van der Waals surface area contributed by atoms with Crippen molar-refractivity contribution in [2.24, 2.45) is 0 Å². The number of carbonyl (C=O) groups excluding carboxylic acids is 1. The lowest BCUT2D eigenvalue weighted by Gasteiger charge is -2.07. The van der Waals surface area contributed by atoms with Gasteiger partial charge >= 0.3 is 0 Å². The molecule has 0 radical (unpaired) electrons. The van der Waals surface area contributed by atoms with Gasteiger partial charge in [-0.2, -0.15) is 0 Å². The minimum Gasteiger partial charge on any atom is -0.352 e. The van der Waals surface area contributed by atoms with Gasteiger partial charge in [-0.3, -0.25) is 4.79 Å². The molecule has 1 fully saturated rings. The average molecular weight is 349 g/mol. The first-order chi connectivity index (χ1) is 11.1. The topological polar surface area (TPSA) is 80.7 Å². The molecule has 1 aliphatic carbocycles. The zero-order chi connectivity index (χ0) is 16.2. The monoisotopic (exact) mass is 349 g/mol. The molecule has 6 nitrogen and oxygen atoms in total. The third-order valence-electron chi connectivity index (χ3n) is 3.52. The predicted molar refractivity (Wildman–Crippen MR) is 91.1 cm³/mol. The number of hydrogen-bond acceptors (Lipinski definition) is 7. The van der Waals surface area contributed by atoms with Gasteiger partial charge in [-0.15, -0.1) is 10.2 Å². The maximum atomic E-state index is 12.2. The summed E-state index contributed by atoms with van der Waals surface area (Å²) in [5.74, 6) is 2.20. The Kier molecular flexibility index (Phi) is 5.22. The Morgan fingerprint density at radius 2 is 2.22 bits per heavy atom. The van der Waals surface area contributed by atoms with E-state index < -0.39 is 0 Å². The number of aryl methyl sites for hydroxylation is 2. The smallest absolute Gasteiger partial charge is 0.254 e. The maximum absolute atomic E-state index is 12.2. The third-order valence-corrected chi connectivity index (χ3v) is 5.58. The van der Waals surface area contributed by atoms with Crippen LogP contribution < -0.4 is 5.32 Å². The van der Waals surface area contributed by atoms with Gasteiger partial charge in [0.05, 0.1) is 11.3 Å². The molecule has 0 aliphatic heterocycles. The third kappa shape index (κ3) is 4.48. The highest BCUT2D eigenvalue weighted by Gasteiger charge is 2.27. The summed E-state index contributed by atoms with van der Waals surface area (Å²) in [6.45, 7) is 4.45. The van der Waals surface area contributed by atoms with Crippen LogP contribution >= 0.6 is 23.1 Å². The quantitative estimate of drug-likeness (QED) is 0.611. The van der Waals surface area contributed by atoms with Crippen molar-refractivity contribution in [1.29, 1.82) is 0 Å². The van der Waals surface area contributed by atoms with Crippen LogP contribution in [0, 0.1) is 13.8 Å². The van der Waals surface area contributed by atoms with E-state index in [0.717, 1.165) is 45.9 Å². The first kappa shape index (κ1) is 16.3. The number of carbonyl (C=O) groups is 1. The summed E-state index contributed by atoms with van der Waals surface area (Å²) in [5, 5.41) is 12.0. The molecule has 2 aromatic rings. The molecule has 3 rings (SSSR count). The van der Waals surface area contributed by atoms with Gasteiger partial charge in [-0.1, -0.05) is 23.1 Å². The number of aromatic nitrogens is 4. The molecule has 1 amide bonds. The van der Waals surface area contributed by atoms with Crippen LogP contribution in [0.3, 0.4) is 0 Å². The maximum Gasteiger partial charge on any atom is 0.254 e. The summed E-state index contributed by atoms with van der Waals surface area (Å²) in [6, 6.07) is 0. The Morgan fingerprint density at radius 3 is 2.87 bits per heavy atom. The summed E-state index contributed by atoms with van der Waals surface area (Å²) in [5.41, 5.74) is 1.33. The van der Waals surface area contributed by atoms with E-state index in [-0.39, 0.29) is 5.91 Å². The fourth-order valence-corrected chi connectivity index (χ4v) is 3.94. The number of amides is 1. The molecular formula is C15H19N5OS2. The molecule has 0 bridgehead atoms. The highest BCUT2D eigenvalue weighted by molar-refractivity contribution is 8.01. The highest BCUT2D eigenvalue weighted by Crippen LogP contribution is 2.37. The van der Waals surface area contributed by atoms with Crippen LogP contribution in [0.2, 0.25) is 0 Å². The van der Waals surface area contributed by atoms with Crippen LogP contribution in [0.5, 0.6) is 0 Å². The SMILES string of the molecule is Cc1nnc(SCCCNC(=O)c2cnc(C3CC3)nc2C)s1. The van der Waals surface area contributed by atoms with Gasteiger partial charge in [0.1, 0.15) is 10.8 Å². The summed E-state index contributed by atoms with van der Waals surface area (Å²) in [4.78, 5) is 21.0. The predicted octanol–water partition coefficient (Wildman–Crippen LogP) is 2.73. The second-order valence-electron chi connectivity index (χ2n) is 5.55. The molecule has 0 spiro atoms. The summed E-state index contributed by atoms with van der Waals surface area (Å²) in [7, 11) is 0. The lowest BCUT2D eigenvalue weighted by Crippen LogP contribution is -2.26. The van der Waals surface area contributed by atoms with Gasteiger partial charge in [-0.25, -0.2) is 9.97 Å². The van der Waals surface area contributed by atoms with Crippen LogP contribution in [-0.2, 0) is 0 Å². The number of nitrogens with zero attached hydrogens (tertiary/aromatic N) is 4. The van der Waals surface area contributed by atoms with Gasteiger partial charge in [0, 0.05) is 24.4 Å². The Labute approximate surface area is 143 Å². The molecule has 122 valence electrons. The average Bonchev–Trinajstić information content (AvgIpc) is 3.29. The van der Waals surface area contributed by atoms with Gasteiger partial charge < -0.3 is 5.32 Å². The standard InChI is InChI=1S/C15H19N5OS2/c1-9-12(8-17-13(18-9)11-4-5-11)14(21)16-6-3-7-22-15-20-19-10(2)23-15/h8,11H,3-7H2,1-2H3,(H,16,21). The molecule has 0 unspecified atom stereocenters. The normalized spacial score (nSPS) is 14.0. The van der Waals surface area contributed by atoms with E-state index in [9.17, 15) is 4.79 Å². The second kappa shape index (κ2) is 7.35. The first-order valence-electron chi connectivity index (χ1n) is 7.68. The number of nitrogens with one attached hydrogen (secondary N) is 1.